The Labute approximate surface area is 150 Å². The van der Waals surface area contributed by atoms with Crippen LogP contribution in [0.2, 0.25) is 5.02 Å². The van der Waals surface area contributed by atoms with Crippen molar-refractivity contribution < 1.29 is 14.3 Å². The Morgan fingerprint density at radius 2 is 1.96 bits per heavy atom. The van der Waals surface area contributed by atoms with Crippen molar-refractivity contribution in [2.24, 2.45) is 0 Å². The zero-order valence-electron chi connectivity index (χ0n) is 13.5. The molecule has 1 amide bonds. The number of amides is 1. The molecule has 0 aliphatic rings. The molecule has 0 fully saturated rings. The van der Waals surface area contributed by atoms with Gasteiger partial charge in [-0.25, -0.2) is 4.79 Å². The highest BCUT2D eigenvalue weighted by atomic mass is 35.5. The largest absolute Gasteiger partial charge is 0.452 e. The second-order valence-corrected chi connectivity index (χ2v) is 5.61. The van der Waals surface area contributed by atoms with Crippen LogP contribution in [0.5, 0.6) is 0 Å². The minimum Gasteiger partial charge on any atom is -0.452 e. The van der Waals surface area contributed by atoms with Crippen molar-refractivity contribution in [1.29, 1.82) is 5.26 Å². The molecule has 0 atom stereocenters. The first kappa shape index (κ1) is 18.2. The third kappa shape index (κ3) is 5.79. The summed E-state index contributed by atoms with van der Waals surface area (Å²) in [5, 5.41) is 11.6. The normalized spacial score (nSPS) is 10.3. The third-order valence-electron chi connectivity index (χ3n) is 3.21. The first-order chi connectivity index (χ1) is 12.0. The molecule has 0 saturated carbocycles. The second-order valence-electron chi connectivity index (χ2n) is 5.21. The van der Waals surface area contributed by atoms with E-state index in [1.807, 2.05) is 37.3 Å². The molecule has 6 heteroatoms. The van der Waals surface area contributed by atoms with E-state index in [-0.39, 0.29) is 5.02 Å². The molecule has 2 aromatic carbocycles. The van der Waals surface area contributed by atoms with Crippen LogP contribution in [0.15, 0.2) is 48.5 Å². The standard InChI is InChI=1S/C19H15ClN2O3/c1-13-2-4-14(5-3-13)6-9-19(24)25-12-18(23)22-16-8-7-15(11-21)17(20)10-16/h2-10H,12H2,1H3,(H,22,23)/b9-6+. The van der Waals surface area contributed by atoms with Gasteiger partial charge in [-0.1, -0.05) is 41.4 Å². The van der Waals surface area contributed by atoms with Gasteiger partial charge in [-0.3, -0.25) is 4.79 Å². The van der Waals surface area contributed by atoms with Gasteiger partial charge in [-0.05, 0) is 36.8 Å². The highest BCUT2D eigenvalue weighted by molar-refractivity contribution is 6.32. The van der Waals surface area contributed by atoms with E-state index >= 15 is 0 Å². The van der Waals surface area contributed by atoms with Gasteiger partial charge < -0.3 is 10.1 Å². The van der Waals surface area contributed by atoms with Crippen LogP contribution in [0, 0.1) is 18.3 Å². The molecule has 0 aromatic heterocycles. The number of nitrogens with zero attached hydrogens (tertiary/aromatic N) is 1. The summed E-state index contributed by atoms with van der Waals surface area (Å²) in [6.07, 6.45) is 2.87. The Balaban J connectivity index is 1.83. The van der Waals surface area contributed by atoms with Gasteiger partial charge in [-0.2, -0.15) is 5.26 Å². The first-order valence-electron chi connectivity index (χ1n) is 7.39. The fourth-order valence-electron chi connectivity index (χ4n) is 1.91. The predicted octanol–water partition coefficient (Wildman–Crippen LogP) is 3.72. The summed E-state index contributed by atoms with van der Waals surface area (Å²) in [6, 6.07) is 14.0. The lowest BCUT2D eigenvalue weighted by molar-refractivity contribution is -0.142. The van der Waals surface area contributed by atoms with E-state index in [0.717, 1.165) is 11.1 Å². The van der Waals surface area contributed by atoms with Crippen LogP contribution in [0.25, 0.3) is 6.08 Å². The summed E-state index contributed by atoms with van der Waals surface area (Å²) in [5.74, 6) is -1.12. The van der Waals surface area contributed by atoms with Gasteiger partial charge in [0.05, 0.1) is 10.6 Å². The van der Waals surface area contributed by atoms with E-state index < -0.39 is 18.5 Å². The second kappa shape index (κ2) is 8.67. The number of aryl methyl sites for hydroxylation is 1. The number of halogens is 1. The number of nitrogens with one attached hydrogen (secondary N) is 1. The van der Waals surface area contributed by atoms with Crippen molar-refractivity contribution in [3.63, 3.8) is 0 Å². The molecule has 25 heavy (non-hydrogen) atoms. The molecular formula is C19H15ClN2O3. The number of rotatable bonds is 5. The molecule has 2 aromatic rings. The number of nitriles is 1. The Hall–Kier alpha value is -3.10. The number of esters is 1. The van der Waals surface area contributed by atoms with E-state index in [1.165, 1.54) is 18.2 Å². The number of hydrogen-bond donors (Lipinski definition) is 1. The van der Waals surface area contributed by atoms with Crippen molar-refractivity contribution >= 4 is 35.2 Å². The van der Waals surface area contributed by atoms with Gasteiger partial charge in [0.15, 0.2) is 6.61 Å². The zero-order valence-corrected chi connectivity index (χ0v) is 14.2. The molecule has 0 spiro atoms. The summed E-state index contributed by atoms with van der Waals surface area (Å²) in [7, 11) is 0. The van der Waals surface area contributed by atoms with Crippen molar-refractivity contribution in [3.8, 4) is 6.07 Å². The summed E-state index contributed by atoms with van der Waals surface area (Å²) < 4.78 is 4.87. The Bertz CT molecular complexity index is 852. The minimum atomic E-state index is -0.617. The van der Waals surface area contributed by atoms with Crippen molar-refractivity contribution in [2.45, 2.75) is 6.92 Å². The SMILES string of the molecule is Cc1ccc(/C=C/C(=O)OCC(=O)Nc2ccc(C#N)c(Cl)c2)cc1. The lowest BCUT2D eigenvalue weighted by Gasteiger charge is -2.06. The maximum absolute atomic E-state index is 11.8. The quantitative estimate of drug-likeness (QED) is 0.655. The van der Waals surface area contributed by atoms with Crippen LogP contribution in [-0.2, 0) is 14.3 Å². The lowest BCUT2D eigenvalue weighted by Crippen LogP contribution is -2.20. The molecule has 126 valence electrons. The van der Waals surface area contributed by atoms with Crippen LogP contribution in [0.3, 0.4) is 0 Å². The zero-order chi connectivity index (χ0) is 18.2. The predicted molar refractivity (Wildman–Crippen MR) is 96.0 cm³/mol. The maximum Gasteiger partial charge on any atom is 0.331 e. The lowest BCUT2D eigenvalue weighted by atomic mass is 10.1. The average Bonchev–Trinajstić information content (AvgIpc) is 2.59. The molecule has 2 rings (SSSR count). The first-order valence-corrected chi connectivity index (χ1v) is 7.77. The summed E-state index contributed by atoms with van der Waals surface area (Å²) in [6.45, 7) is 1.55. The molecule has 0 aliphatic heterocycles. The smallest absolute Gasteiger partial charge is 0.331 e. The molecule has 0 aliphatic carbocycles. The van der Waals surface area contributed by atoms with E-state index in [0.29, 0.717) is 11.3 Å². The highest BCUT2D eigenvalue weighted by Gasteiger charge is 2.07. The topological polar surface area (TPSA) is 79.2 Å². The summed E-state index contributed by atoms with van der Waals surface area (Å²) >= 11 is 5.88. The molecule has 0 unspecified atom stereocenters. The highest BCUT2D eigenvalue weighted by Crippen LogP contribution is 2.20. The van der Waals surface area contributed by atoms with Crippen LogP contribution in [0.4, 0.5) is 5.69 Å². The fourth-order valence-corrected chi connectivity index (χ4v) is 2.13. The minimum absolute atomic E-state index is 0.235. The molecule has 0 saturated heterocycles. The molecule has 0 bridgehead atoms. The average molecular weight is 355 g/mol. The van der Waals surface area contributed by atoms with Gasteiger partial charge in [0.2, 0.25) is 0 Å². The van der Waals surface area contributed by atoms with Crippen LogP contribution in [0.1, 0.15) is 16.7 Å². The van der Waals surface area contributed by atoms with Crippen molar-refractivity contribution in [2.75, 3.05) is 11.9 Å². The van der Waals surface area contributed by atoms with Gasteiger partial charge >= 0.3 is 5.97 Å². The maximum atomic E-state index is 11.8. The Kier molecular flexibility index (Phi) is 6.33. The molecular weight excluding hydrogens is 340 g/mol. The van der Waals surface area contributed by atoms with E-state index in [2.05, 4.69) is 5.32 Å². The fraction of sp³-hybridized carbons (Fsp3) is 0.105. The number of hydrogen-bond acceptors (Lipinski definition) is 4. The van der Waals surface area contributed by atoms with Crippen molar-refractivity contribution in [3.05, 3.63) is 70.3 Å². The van der Waals surface area contributed by atoms with Crippen LogP contribution in [-0.4, -0.2) is 18.5 Å². The molecule has 0 heterocycles. The Morgan fingerprint density at radius 1 is 1.24 bits per heavy atom. The number of carbonyl (C=O) groups is 2. The number of ether oxygens (including phenoxy) is 1. The van der Waals surface area contributed by atoms with E-state index in [1.54, 1.807) is 12.1 Å². The van der Waals surface area contributed by atoms with Gasteiger partial charge in [0.1, 0.15) is 6.07 Å². The van der Waals surface area contributed by atoms with Gasteiger partial charge in [-0.15, -0.1) is 0 Å². The van der Waals surface area contributed by atoms with Crippen LogP contribution < -0.4 is 5.32 Å². The third-order valence-corrected chi connectivity index (χ3v) is 3.52. The summed E-state index contributed by atoms with van der Waals surface area (Å²) in [5.41, 5.74) is 2.71. The van der Waals surface area contributed by atoms with Gasteiger partial charge in [0.25, 0.3) is 5.91 Å². The van der Waals surface area contributed by atoms with Crippen LogP contribution >= 0.6 is 11.6 Å². The monoisotopic (exact) mass is 354 g/mol. The molecule has 5 nitrogen and oxygen atoms in total. The van der Waals surface area contributed by atoms with E-state index in [9.17, 15) is 9.59 Å². The molecule has 1 N–H and O–H groups in total. The number of benzene rings is 2. The Morgan fingerprint density at radius 3 is 2.60 bits per heavy atom. The van der Waals surface area contributed by atoms with Crippen molar-refractivity contribution in [1.82, 2.24) is 0 Å². The van der Waals surface area contributed by atoms with Gasteiger partial charge in [0, 0.05) is 11.8 Å². The van der Waals surface area contributed by atoms with E-state index in [4.69, 9.17) is 21.6 Å². The number of carbonyl (C=O) groups excluding carboxylic acids is 2. The molecule has 0 radical (unpaired) electrons. The summed E-state index contributed by atoms with van der Waals surface area (Å²) in [4.78, 5) is 23.4. The number of anilines is 1.